The van der Waals surface area contributed by atoms with E-state index in [1.807, 2.05) is 30.3 Å². The lowest BCUT2D eigenvalue weighted by Crippen LogP contribution is -2.13. The summed E-state index contributed by atoms with van der Waals surface area (Å²) < 4.78 is 2.19. The first-order valence-corrected chi connectivity index (χ1v) is 10.2. The number of nitrogens with zero attached hydrogens (tertiary/aromatic N) is 1. The number of rotatable bonds is 5. The van der Waals surface area contributed by atoms with E-state index >= 15 is 0 Å². The van der Waals surface area contributed by atoms with Gasteiger partial charge in [-0.1, -0.05) is 42.5 Å². The summed E-state index contributed by atoms with van der Waals surface area (Å²) in [7, 11) is 2.07. The van der Waals surface area contributed by atoms with Gasteiger partial charge in [0.25, 0.3) is 0 Å². The minimum atomic E-state index is -0.0875. The van der Waals surface area contributed by atoms with Crippen LogP contribution in [0.3, 0.4) is 0 Å². The Balaban J connectivity index is 1.39. The monoisotopic (exact) mass is 394 g/mol. The number of benzene rings is 3. The Morgan fingerprint density at radius 3 is 2.57 bits per heavy atom. The van der Waals surface area contributed by atoms with Crippen LogP contribution in [0.1, 0.15) is 28.8 Å². The average molecular weight is 394 g/mol. The Labute approximate surface area is 174 Å². The molecule has 3 aromatic carbocycles. The Kier molecular flexibility index (Phi) is 4.47. The van der Waals surface area contributed by atoms with Gasteiger partial charge in [0.15, 0.2) is 5.78 Å². The van der Waals surface area contributed by atoms with Crippen molar-refractivity contribution in [2.24, 2.45) is 13.0 Å². The molecule has 1 N–H and O–H groups in total. The summed E-state index contributed by atoms with van der Waals surface area (Å²) in [4.78, 5) is 24.6. The summed E-state index contributed by atoms with van der Waals surface area (Å²) in [5.41, 5.74) is 4.56. The maximum Gasteiger partial charge on any atom is 0.227 e. The zero-order valence-corrected chi connectivity index (χ0v) is 16.8. The minimum absolute atomic E-state index is 0.0403. The van der Waals surface area contributed by atoms with Crippen LogP contribution in [0.25, 0.3) is 27.9 Å². The largest absolute Gasteiger partial charge is 0.344 e. The maximum atomic E-state index is 12.7. The maximum absolute atomic E-state index is 12.7. The number of hydrogen-bond donors (Lipinski definition) is 1. The number of anilines is 1. The number of aromatic nitrogens is 1. The predicted molar refractivity (Wildman–Crippen MR) is 122 cm³/mol. The molecule has 0 bridgehead atoms. The van der Waals surface area contributed by atoms with E-state index in [1.165, 1.54) is 21.8 Å². The summed E-state index contributed by atoms with van der Waals surface area (Å²) in [5.74, 6) is 0.0855. The standard InChI is InChI=1S/C26H22N2O2/c1-28-23-8-3-2-7-21(23)22-15-17(9-13-24(22)28)10-14-25(29)19-5-4-6-20(16-19)27-26(30)18-11-12-18/h2-10,13-16,18H,11-12H2,1H3,(H,27,30)/b14-10+. The molecular weight excluding hydrogens is 372 g/mol. The number of carbonyl (C=O) groups excluding carboxylic acids is 2. The van der Waals surface area contributed by atoms with Crippen LogP contribution in [0, 0.1) is 5.92 Å². The Hall–Kier alpha value is -3.66. The molecule has 1 aliphatic rings. The third-order valence-electron chi connectivity index (χ3n) is 5.73. The molecular formula is C26H22N2O2. The topological polar surface area (TPSA) is 51.1 Å². The van der Waals surface area contributed by atoms with Crippen molar-refractivity contribution in [2.75, 3.05) is 5.32 Å². The molecule has 1 fully saturated rings. The van der Waals surface area contributed by atoms with Crippen molar-refractivity contribution in [3.8, 4) is 0 Å². The van der Waals surface area contributed by atoms with Gasteiger partial charge in [0.05, 0.1) is 0 Å². The van der Waals surface area contributed by atoms with Crippen molar-refractivity contribution in [1.29, 1.82) is 0 Å². The van der Waals surface area contributed by atoms with Crippen LogP contribution in [-0.4, -0.2) is 16.3 Å². The molecule has 0 atom stereocenters. The lowest BCUT2D eigenvalue weighted by atomic mass is 10.1. The highest BCUT2D eigenvalue weighted by molar-refractivity contribution is 6.10. The zero-order chi connectivity index (χ0) is 20.7. The van der Waals surface area contributed by atoms with Crippen molar-refractivity contribution in [3.05, 3.63) is 83.9 Å². The molecule has 1 aliphatic carbocycles. The van der Waals surface area contributed by atoms with Gasteiger partial charge in [-0.3, -0.25) is 9.59 Å². The van der Waals surface area contributed by atoms with E-state index in [0.29, 0.717) is 11.3 Å². The van der Waals surface area contributed by atoms with Gasteiger partial charge in [0, 0.05) is 46.0 Å². The molecule has 1 aromatic heterocycles. The van der Waals surface area contributed by atoms with E-state index in [-0.39, 0.29) is 17.6 Å². The highest BCUT2D eigenvalue weighted by Crippen LogP contribution is 2.30. The molecule has 4 aromatic rings. The van der Waals surface area contributed by atoms with E-state index in [0.717, 1.165) is 18.4 Å². The third-order valence-corrected chi connectivity index (χ3v) is 5.73. The van der Waals surface area contributed by atoms with Crippen LogP contribution in [0.5, 0.6) is 0 Å². The van der Waals surface area contributed by atoms with E-state index in [2.05, 4.69) is 41.2 Å². The van der Waals surface area contributed by atoms with Crippen molar-refractivity contribution in [1.82, 2.24) is 4.57 Å². The fourth-order valence-corrected chi connectivity index (χ4v) is 3.90. The molecule has 5 rings (SSSR count). The molecule has 4 heteroatoms. The lowest BCUT2D eigenvalue weighted by Gasteiger charge is -2.05. The summed E-state index contributed by atoms with van der Waals surface area (Å²) in [6, 6.07) is 21.7. The van der Waals surface area contributed by atoms with Gasteiger partial charge in [-0.15, -0.1) is 0 Å². The van der Waals surface area contributed by atoms with Crippen molar-refractivity contribution >= 4 is 45.3 Å². The number of fused-ring (bicyclic) bond motifs is 3. The molecule has 1 heterocycles. The highest BCUT2D eigenvalue weighted by Gasteiger charge is 2.29. The number of carbonyl (C=O) groups is 2. The van der Waals surface area contributed by atoms with Crippen LogP contribution in [0.2, 0.25) is 0 Å². The van der Waals surface area contributed by atoms with E-state index in [4.69, 9.17) is 0 Å². The second-order valence-electron chi connectivity index (χ2n) is 7.89. The van der Waals surface area contributed by atoms with Crippen LogP contribution in [0.4, 0.5) is 5.69 Å². The molecule has 0 radical (unpaired) electrons. The number of hydrogen-bond acceptors (Lipinski definition) is 2. The highest BCUT2D eigenvalue weighted by atomic mass is 16.2. The van der Waals surface area contributed by atoms with E-state index < -0.39 is 0 Å². The fourth-order valence-electron chi connectivity index (χ4n) is 3.90. The first kappa shape index (κ1) is 18.4. The first-order chi connectivity index (χ1) is 14.6. The first-order valence-electron chi connectivity index (χ1n) is 10.2. The molecule has 148 valence electrons. The smallest absolute Gasteiger partial charge is 0.227 e. The van der Waals surface area contributed by atoms with Crippen molar-refractivity contribution < 1.29 is 9.59 Å². The number of nitrogens with one attached hydrogen (secondary N) is 1. The predicted octanol–water partition coefficient (Wildman–Crippen LogP) is 5.58. The molecule has 0 spiro atoms. The summed E-state index contributed by atoms with van der Waals surface area (Å²) in [6.07, 6.45) is 5.34. The number of para-hydroxylation sites is 1. The number of ketones is 1. The Morgan fingerprint density at radius 2 is 1.73 bits per heavy atom. The molecule has 0 saturated heterocycles. The number of allylic oxidation sites excluding steroid dienone is 1. The van der Waals surface area contributed by atoms with Crippen molar-refractivity contribution in [2.45, 2.75) is 12.8 Å². The fraction of sp³-hybridized carbons (Fsp3) is 0.154. The van der Waals surface area contributed by atoms with Gasteiger partial charge < -0.3 is 9.88 Å². The normalized spacial score (nSPS) is 13.9. The lowest BCUT2D eigenvalue weighted by molar-refractivity contribution is -0.117. The van der Waals surface area contributed by atoms with Crippen LogP contribution < -0.4 is 5.32 Å². The van der Waals surface area contributed by atoms with Gasteiger partial charge in [-0.25, -0.2) is 0 Å². The molecule has 30 heavy (non-hydrogen) atoms. The van der Waals surface area contributed by atoms with Gasteiger partial charge in [0.1, 0.15) is 0 Å². The van der Waals surface area contributed by atoms with E-state index in [1.54, 1.807) is 24.3 Å². The quantitative estimate of drug-likeness (QED) is 0.355. The molecule has 4 nitrogen and oxygen atoms in total. The minimum Gasteiger partial charge on any atom is -0.344 e. The van der Waals surface area contributed by atoms with Crippen molar-refractivity contribution in [3.63, 3.8) is 0 Å². The molecule has 0 unspecified atom stereocenters. The summed E-state index contributed by atoms with van der Waals surface area (Å²) in [5, 5.41) is 5.27. The Bertz CT molecular complexity index is 1330. The molecule has 1 amide bonds. The number of aryl methyl sites for hydroxylation is 1. The van der Waals surface area contributed by atoms with Gasteiger partial charge in [-0.2, -0.15) is 0 Å². The second kappa shape index (κ2) is 7.30. The van der Waals surface area contributed by atoms with Gasteiger partial charge in [0.2, 0.25) is 5.91 Å². The molecule has 1 saturated carbocycles. The number of amides is 1. The van der Waals surface area contributed by atoms with Crippen LogP contribution in [-0.2, 0) is 11.8 Å². The average Bonchev–Trinajstić information content (AvgIpc) is 3.59. The van der Waals surface area contributed by atoms with Gasteiger partial charge in [-0.05, 0) is 54.8 Å². The third kappa shape index (κ3) is 3.41. The summed E-state index contributed by atoms with van der Waals surface area (Å²) in [6.45, 7) is 0. The second-order valence-corrected chi connectivity index (χ2v) is 7.89. The SMILES string of the molecule is Cn1c2ccccc2c2cc(/C=C/C(=O)c3cccc(NC(=O)C4CC4)c3)ccc21. The van der Waals surface area contributed by atoms with Crippen LogP contribution in [0.15, 0.2) is 72.8 Å². The van der Waals surface area contributed by atoms with E-state index in [9.17, 15) is 9.59 Å². The summed E-state index contributed by atoms with van der Waals surface area (Å²) >= 11 is 0. The Morgan fingerprint density at radius 1 is 0.933 bits per heavy atom. The molecule has 0 aliphatic heterocycles. The van der Waals surface area contributed by atoms with Gasteiger partial charge >= 0.3 is 0 Å². The zero-order valence-electron chi connectivity index (χ0n) is 16.8. The van der Waals surface area contributed by atoms with Crippen LogP contribution >= 0.6 is 0 Å².